The smallest absolute Gasteiger partial charge is 0.418 e. The van der Waals surface area contributed by atoms with Crippen LogP contribution in [-0.4, -0.2) is 19.3 Å². The van der Waals surface area contributed by atoms with Crippen LogP contribution in [-0.2, 0) is 9.26 Å². The van der Waals surface area contributed by atoms with Gasteiger partial charge in [0.1, 0.15) is 11.5 Å². The summed E-state index contributed by atoms with van der Waals surface area (Å²) in [7, 11) is -1.48. The average molecular weight is 559 g/mol. The Labute approximate surface area is 241 Å². The maximum absolute atomic E-state index is 6.03. The Hall–Kier alpha value is -1.61. The number of para-hydroxylation sites is 2. The second kappa shape index (κ2) is 24.2. The number of ether oxygens (including phenoxy) is 1. The minimum atomic E-state index is -1.48. The Morgan fingerprint density at radius 1 is 0.538 bits per heavy atom. The van der Waals surface area contributed by atoms with Crippen molar-refractivity contribution in [3.63, 3.8) is 0 Å². The van der Waals surface area contributed by atoms with Gasteiger partial charge in [-0.05, 0) is 50.5 Å². The quantitative estimate of drug-likeness (QED) is 0.0850. The highest BCUT2D eigenvalue weighted by molar-refractivity contribution is 7.42. The molecule has 1 unspecified atom stereocenters. The lowest BCUT2D eigenvalue weighted by Crippen LogP contribution is -2.09. The van der Waals surface area contributed by atoms with Gasteiger partial charge < -0.3 is 13.8 Å². The largest absolute Gasteiger partial charge is 0.463 e. The fourth-order valence-corrected chi connectivity index (χ4v) is 5.55. The average Bonchev–Trinajstić information content (AvgIpc) is 2.96. The number of unbranched alkanes of at least 4 members (excludes halogenated alkanes) is 14. The van der Waals surface area contributed by atoms with Crippen molar-refractivity contribution in [3.8, 4) is 11.5 Å². The molecule has 2 rings (SSSR count). The Bertz CT molecular complexity index is 732. The van der Waals surface area contributed by atoms with Crippen molar-refractivity contribution in [1.29, 1.82) is 0 Å². The lowest BCUT2D eigenvalue weighted by atomic mass is 10.1. The van der Waals surface area contributed by atoms with Crippen molar-refractivity contribution >= 4 is 8.60 Å². The predicted molar refractivity (Wildman–Crippen MR) is 167 cm³/mol. The van der Waals surface area contributed by atoms with Gasteiger partial charge in [0.05, 0.1) is 12.7 Å². The fraction of sp³-hybridized carbons (Fsp3) is 0.647. The zero-order valence-corrected chi connectivity index (χ0v) is 25.8. The van der Waals surface area contributed by atoms with Crippen LogP contribution in [0.15, 0.2) is 60.7 Å². The van der Waals surface area contributed by atoms with E-state index < -0.39 is 8.60 Å². The molecule has 0 aliphatic carbocycles. The van der Waals surface area contributed by atoms with E-state index in [0.29, 0.717) is 12.7 Å². The van der Waals surface area contributed by atoms with Gasteiger partial charge in [0.15, 0.2) is 0 Å². The van der Waals surface area contributed by atoms with Crippen molar-refractivity contribution in [2.75, 3.05) is 13.2 Å². The highest BCUT2D eigenvalue weighted by atomic mass is 31.2. The third-order valence-electron chi connectivity index (χ3n) is 6.95. The van der Waals surface area contributed by atoms with E-state index in [0.717, 1.165) is 24.5 Å². The van der Waals surface area contributed by atoms with Crippen LogP contribution in [0, 0.1) is 0 Å². The van der Waals surface area contributed by atoms with Gasteiger partial charge in [0.2, 0.25) is 0 Å². The molecule has 2 aromatic carbocycles. The zero-order chi connectivity index (χ0) is 27.6. The topological polar surface area (TPSA) is 36.9 Å². The SMILES string of the molecule is CCCCCCCCCCCOC(C)CCCCCCCCCOP(Oc1ccccc1)Oc1ccccc1. The standard InChI is InChI=1S/C34H55O4P/c1-3-4-5-6-7-8-11-14-23-30-35-32(2)25-18-13-10-9-12-15-24-31-36-39(37-33-26-19-16-20-27-33)38-34-28-21-17-22-29-34/h16-17,19-22,26-29,32H,3-15,18,23-25,30-31H2,1-2H3. The lowest BCUT2D eigenvalue weighted by Gasteiger charge is -2.17. The van der Waals surface area contributed by atoms with E-state index in [1.54, 1.807) is 0 Å². The van der Waals surface area contributed by atoms with Gasteiger partial charge in [-0.15, -0.1) is 0 Å². The van der Waals surface area contributed by atoms with Gasteiger partial charge in [0, 0.05) is 6.61 Å². The van der Waals surface area contributed by atoms with Crippen LogP contribution in [0.5, 0.6) is 11.5 Å². The summed E-state index contributed by atoms with van der Waals surface area (Å²) in [6.07, 6.45) is 22.6. The summed E-state index contributed by atoms with van der Waals surface area (Å²) in [5.41, 5.74) is 0. The molecule has 0 heterocycles. The maximum Gasteiger partial charge on any atom is 0.463 e. The van der Waals surface area contributed by atoms with Gasteiger partial charge in [-0.25, -0.2) is 0 Å². The van der Waals surface area contributed by atoms with Crippen LogP contribution in [0.4, 0.5) is 0 Å². The van der Waals surface area contributed by atoms with Gasteiger partial charge in [-0.1, -0.05) is 133 Å². The second-order valence-electron chi connectivity index (χ2n) is 10.6. The monoisotopic (exact) mass is 558 g/mol. The van der Waals surface area contributed by atoms with E-state index in [-0.39, 0.29) is 0 Å². The summed E-state index contributed by atoms with van der Waals surface area (Å²) < 4.78 is 24.0. The first-order valence-electron chi connectivity index (χ1n) is 15.8. The molecule has 2 aromatic rings. The van der Waals surface area contributed by atoms with E-state index in [1.165, 1.54) is 103 Å². The molecule has 0 aromatic heterocycles. The molecule has 0 bridgehead atoms. The third kappa shape index (κ3) is 19.2. The molecular formula is C34H55O4P. The first-order valence-corrected chi connectivity index (χ1v) is 16.9. The van der Waals surface area contributed by atoms with E-state index in [2.05, 4.69) is 13.8 Å². The summed E-state index contributed by atoms with van der Waals surface area (Å²) >= 11 is 0. The van der Waals surface area contributed by atoms with Crippen LogP contribution < -0.4 is 9.05 Å². The molecule has 220 valence electrons. The second-order valence-corrected chi connectivity index (χ2v) is 11.7. The highest BCUT2D eigenvalue weighted by Gasteiger charge is 2.17. The van der Waals surface area contributed by atoms with E-state index >= 15 is 0 Å². The molecule has 4 nitrogen and oxygen atoms in total. The Balaban J connectivity index is 1.40. The first kappa shape index (κ1) is 33.6. The Morgan fingerprint density at radius 3 is 1.49 bits per heavy atom. The molecule has 0 radical (unpaired) electrons. The molecule has 39 heavy (non-hydrogen) atoms. The molecule has 1 atom stereocenters. The molecular weight excluding hydrogens is 503 g/mol. The molecule has 0 aliphatic heterocycles. The third-order valence-corrected chi connectivity index (χ3v) is 8.06. The minimum Gasteiger partial charge on any atom is -0.418 e. The van der Waals surface area contributed by atoms with Crippen molar-refractivity contribution in [2.24, 2.45) is 0 Å². The lowest BCUT2D eigenvalue weighted by molar-refractivity contribution is 0.0557. The molecule has 0 aliphatic rings. The number of rotatable bonds is 26. The molecule has 0 N–H and O–H groups in total. The summed E-state index contributed by atoms with van der Waals surface area (Å²) in [5, 5.41) is 0. The summed E-state index contributed by atoms with van der Waals surface area (Å²) in [4.78, 5) is 0. The van der Waals surface area contributed by atoms with E-state index in [4.69, 9.17) is 18.3 Å². The summed E-state index contributed by atoms with van der Waals surface area (Å²) in [5.74, 6) is 1.53. The van der Waals surface area contributed by atoms with Crippen LogP contribution in [0.3, 0.4) is 0 Å². The van der Waals surface area contributed by atoms with Crippen LogP contribution in [0.2, 0.25) is 0 Å². The normalized spacial score (nSPS) is 12.1. The fourth-order valence-electron chi connectivity index (χ4n) is 4.54. The predicted octanol–water partition coefficient (Wildman–Crippen LogP) is 11.4. The molecule has 5 heteroatoms. The van der Waals surface area contributed by atoms with Crippen LogP contribution >= 0.6 is 8.60 Å². The van der Waals surface area contributed by atoms with Crippen molar-refractivity contribution in [2.45, 2.75) is 129 Å². The van der Waals surface area contributed by atoms with Crippen molar-refractivity contribution < 1.29 is 18.3 Å². The van der Waals surface area contributed by atoms with E-state index in [1.807, 2.05) is 60.7 Å². The molecule has 0 spiro atoms. The number of hydrogen-bond acceptors (Lipinski definition) is 4. The molecule has 0 amide bonds. The van der Waals surface area contributed by atoms with Gasteiger partial charge in [-0.2, -0.15) is 0 Å². The Morgan fingerprint density at radius 2 is 0.974 bits per heavy atom. The van der Waals surface area contributed by atoms with Crippen LogP contribution in [0.25, 0.3) is 0 Å². The first-order chi connectivity index (χ1) is 19.3. The Kier molecular flexibility index (Phi) is 20.9. The minimum absolute atomic E-state index is 0.405. The van der Waals surface area contributed by atoms with Crippen molar-refractivity contribution in [1.82, 2.24) is 0 Å². The summed E-state index contributed by atoms with van der Waals surface area (Å²) in [6.45, 7) is 6.11. The number of benzene rings is 2. The summed E-state index contributed by atoms with van der Waals surface area (Å²) in [6, 6.07) is 19.5. The van der Waals surface area contributed by atoms with Gasteiger partial charge in [-0.3, -0.25) is 4.52 Å². The van der Waals surface area contributed by atoms with Crippen LogP contribution in [0.1, 0.15) is 123 Å². The molecule has 0 saturated heterocycles. The van der Waals surface area contributed by atoms with E-state index in [9.17, 15) is 0 Å². The molecule has 0 saturated carbocycles. The van der Waals surface area contributed by atoms with Gasteiger partial charge in [0.25, 0.3) is 0 Å². The maximum atomic E-state index is 6.03. The zero-order valence-electron chi connectivity index (χ0n) is 24.9. The number of hydrogen-bond donors (Lipinski definition) is 0. The highest BCUT2D eigenvalue weighted by Crippen LogP contribution is 2.41. The van der Waals surface area contributed by atoms with Crippen molar-refractivity contribution in [3.05, 3.63) is 60.7 Å². The molecule has 0 fully saturated rings. The van der Waals surface area contributed by atoms with Gasteiger partial charge >= 0.3 is 8.60 Å².